The number of aromatic carboxylic acids is 1. The minimum Gasteiger partial charge on any atom is -0.478 e. The van der Waals surface area contributed by atoms with Crippen LogP contribution in [0.15, 0.2) is 18.2 Å². The summed E-state index contributed by atoms with van der Waals surface area (Å²) in [6.45, 7) is 8.13. The molecule has 1 rings (SSSR count). The van der Waals surface area contributed by atoms with Crippen LogP contribution >= 0.6 is 0 Å². The molecule has 0 saturated heterocycles. The van der Waals surface area contributed by atoms with E-state index >= 15 is 0 Å². The summed E-state index contributed by atoms with van der Waals surface area (Å²) in [5, 5.41) is 21.6. The van der Waals surface area contributed by atoms with Gasteiger partial charge in [0.25, 0.3) is 0 Å². The van der Waals surface area contributed by atoms with E-state index in [1.165, 1.54) is 0 Å². The number of aliphatic hydroxyl groups is 1. The molecule has 0 bridgehead atoms. The highest BCUT2D eigenvalue weighted by Gasteiger charge is 2.25. The number of carbonyl (C=O) groups is 1. The Morgan fingerprint density at radius 3 is 2.47 bits per heavy atom. The molecule has 19 heavy (non-hydrogen) atoms. The van der Waals surface area contributed by atoms with Gasteiger partial charge in [-0.25, -0.2) is 4.79 Å². The molecule has 0 spiro atoms. The molecule has 1 aromatic carbocycles. The topological polar surface area (TPSA) is 69.6 Å². The first-order chi connectivity index (χ1) is 8.75. The third-order valence-corrected chi connectivity index (χ3v) is 3.20. The number of hydrogen-bond acceptors (Lipinski definition) is 3. The highest BCUT2D eigenvalue weighted by molar-refractivity contribution is 5.94. The lowest BCUT2D eigenvalue weighted by atomic mass is 9.84. The van der Waals surface area contributed by atoms with Gasteiger partial charge in [-0.15, -0.1) is 0 Å². The van der Waals surface area contributed by atoms with E-state index < -0.39 is 5.97 Å². The highest BCUT2D eigenvalue weighted by Crippen LogP contribution is 2.27. The number of nitrogens with one attached hydrogen (secondary N) is 1. The summed E-state index contributed by atoms with van der Waals surface area (Å²) in [4.78, 5) is 11.3. The van der Waals surface area contributed by atoms with Gasteiger partial charge in [0.05, 0.1) is 5.56 Å². The van der Waals surface area contributed by atoms with Crippen molar-refractivity contribution in [2.75, 3.05) is 11.9 Å². The maximum absolute atomic E-state index is 11.3. The first kappa shape index (κ1) is 15.5. The second-order valence-corrected chi connectivity index (χ2v) is 5.93. The molecule has 4 nitrogen and oxygen atoms in total. The van der Waals surface area contributed by atoms with Crippen molar-refractivity contribution in [1.82, 2.24) is 0 Å². The standard InChI is InChI=1S/C15H23NO3/c1-10-5-6-12(11(9-10)14(18)19)16-13(7-8-17)15(2,3)4/h5-6,9,13,16-17H,7-8H2,1-4H3,(H,18,19). The van der Waals surface area contributed by atoms with Crippen LogP contribution in [0.4, 0.5) is 5.69 Å². The SMILES string of the molecule is Cc1ccc(NC(CCO)C(C)(C)C)c(C(=O)O)c1. The minimum absolute atomic E-state index is 0.0123. The average Bonchev–Trinajstić information content (AvgIpc) is 2.29. The van der Waals surface area contributed by atoms with Crippen LogP contribution in [-0.4, -0.2) is 28.8 Å². The highest BCUT2D eigenvalue weighted by atomic mass is 16.4. The Balaban J connectivity index is 3.06. The van der Waals surface area contributed by atoms with E-state index in [-0.39, 0.29) is 23.6 Å². The van der Waals surface area contributed by atoms with Crippen LogP contribution < -0.4 is 5.32 Å². The van der Waals surface area contributed by atoms with Gasteiger partial charge in [-0.1, -0.05) is 32.4 Å². The fraction of sp³-hybridized carbons (Fsp3) is 0.533. The van der Waals surface area contributed by atoms with Crippen LogP contribution in [0.25, 0.3) is 0 Å². The van der Waals surface area contributed by atoms with Crippen LogP contribution in [0.5, 0.6) is 0 Å². The molecule has 0 aliphatic rings. The van der Waals surface area contributed by atoms with Gasteiger partial charge in [0.2, 0.25) is 0 Å². The van der Waals surface area contributed by atoms with Gasteiger partial charge in [-0.05, 0) is 30.9 Å². The van der Waals surface area contributed by atoms with Crippen LogP contribution in [0.3, 0.4) is 0 Å². The van der Waals surface area contributed by atoms with E-state index in [1.54, 1.807) is 12.1 Å². The molecule has 106 valence electrons. The molecule has 0 aliphatic carbocycles. The van der Waals surface area contributed by atoms with E-state index in [0.29, 0.717) is 12.1 Å². The predicted octanol–water partition coefficient (Wildman–Crippen LogP) is 2.90. The molecule has 1 unspecified atom stereocenters. The van der Waals surface area contributed by atoms with Gasteiger partial charge in [0.15, 0.2) is 0 Å². The molecule has 0 radical (unpaired) electrons. The zero-order chi connectivity index (χ0) is 14.6. The van der Waals surface area contributed by atoms with Gasteiger partial charge >= 0.3 is 5.97 Å². The molecular formula is C15H23NO3. The van der Waals surface area contributed by atoms with Crippen molar-refractivity contribution in [3.63, 3.8) is 0 Å². The third-order valence-electron chi connectivity index (χ3n) is 3.20. The van der Waals surface area contributed by atoms with Crippen LogP contribution in [0.1, 0.15) is 43.1 Å². The van der Waals surface area contributed by atoms with Crippen molar-refractivity contribution in [3.8, 4) is 0 Å². The Morgan fingerprint density at radius 2 is 2.00 bits per heavy atom. The van der Waals surface area contributed by atoms with Crippen molar-refractivity contribution in [2.45, 2.75) is 40.2 Å². The summed E-state index contributed by atoms with van der Waals surface area (Å²) in [7, 11) is 0. The van der Waals surface area contributed by atoms with Gasteiger partial charge in [-0.3, -0.25) is 0 Å². The number of rotatable bonds is 5. The van der Waals surface area contributed by atoms with E-state index in [1.807, 2.05) is 13.0 Å². The lowest BCUT2D eigenvalue weighted by Gasteiger charge is -2.32. The third kappa shape index (κ3) is 4.24. The number of carboxylic acids is 1. The summed E-state index contributed by atoms with van der Waals surface area (Å²) in [5.41, 5.74) is 1.72. The Labute approximate surface area is 114 Å². The average molecular weight is 265 g/mol. The maximum Gasteiger partial charge on any atom is 0.337 e. The minimum atomic E-state index is -0.942. The van der Waals surface area contributed by atoms with Gasteiger partial charge in [0, 0.05) is 18.3 Å². The van der Waals surface area contributed by atoms with Crippen LogP contribution in [-0.2, 0) is 0 Å². The van der Waals surface area contributed by atoms with E-state index in [4.69, 9.17) is 5.11 Å². The second-order valence-electron chi connectivity index (χ2n) is 5.93. The van der Waals surface area contributed by atoms with Crippen LogP contribution in [0, 0.1) is 12.3 Å². The summed E-state index contributed by atoms with van der Waals surface area (Å²) < 4.78 is 0. The first-order valence-electron chi connectivity index (χ1n) is 6.47. The van der Waals surface area contributed by atoms with Crippen molar-refractivity contribution in [1.29, 1.82) is 0 Å². The number of anilines is 1. The Bertz CT molecular complexity index is 449. The number of benzene rings is 1. The lowest BCUT2D eigenvalue weighted by molar-refractivity contribution is 0.0697. The Hall–Kier alpha value is -1.55. The number of aliphatic hydroxyl groups excluding tert-OH is 1. The fourth-order valence-corrected chi connectivity index (χ4v) is 2.00. The van der Waals surface area contributed by atoms with Crippen molar-refractivity contribution in [3.05, 3.63) is 29.3 Å². The maximum atomic E-state index is 11.3. The van der Waals surface area contributed by atoms with Crippen molar-refractivity contribution >= 4 is 11.7 Å². The summed E-state index contributed by atoms with van der Waals surface area (Å²) in [5.74, 6) is -0.942. The fourth-order valence-electron chi connectivity index (χ4n) is 2.00. The zero-order valence-corrected chi connectivity index (χ0v) is 12.0. The number of aryl methyl sites for hydroxylation is 1. The monoisotopic (exact) mass is 265 g/mol. The quantitative estimate of drug-likeness (QED) is 0.765. The molecule has 0 aromatic heterocycles. The molecule has 3 N–H and O–H groups in total. The molecule has 1 atom stereocenters. The predicted molar refractivity (Wildman–Crippen MR) is 76.7 cm³/mol. The largest absolute Gasteiger partial charge is 0.478 e. The summed E-state index contributed by atoms with van der Waals surface area (Å²) >= 11 is 0. The second kappa shape index (κ2) is 6.06. The van der Waals surface area contributed by atoms with Crippen molar-refractivity contribution in [2.24, 2.45) is 5.41 Å². The van der Waals surface area contributed by atoms with Gasteiger partial charge in [-0.2, -0.15) is 0 Å². The Kier molecular flexibility index (Phi) is 4.95. The van der Waals surface area contributed by atoms with E-state index in [2.05, 4.69) is 26.1 Å². The molecule has 0 saturated carbocycles. The van der Waals surface area contributed by atoms with Crippen LogP contribution in [0.2, 0.25) is 0 Å². The summed E-state index contributed by atoms with van der Waals surface area (Å²) in [6, 6.07) is 5.34. The number of hydrogen-bond donors (Lipinski definition) is 3. The Morgan fingerprint density at radius 1 is 1.37 bits per heavy atom. The summed E-state index contributed by atoms with van der Waals surface area (Å²) in [6.07, 6.45) is 0.580. The molecule has 1 aromatic rings. The normalized spacial score (nSPS) is 13.1. The number of carboxylic acid groups (broad SMARTS) is 1. The zero-order valence-electron chi connectivity index (χ0n) is 12.0. The van der Waals surface area contributed by atoms with Gasteiger partial charge in [0.1, 0.15) is 0 Å². The molecule has 0 fully saturated rings. The van der Waals surface area contributed by atoms with E-state index in [0.717, 1.165) is 5.56 Å². The molecule has 0 heterocycles. The molecule has 4 heteroatoms. The van der Waals surface area contributed by atoms with Gasteiger partial charge < -0.3 is 15.5 Å². The van der Waals surface area contributed by atoms with Crippen molar-refractivity contribution < 1.29 is 15.0 Å². The molecular weight excluding hydrogens is 242 g/mol. The van der Waals surface area contributed by atoms with E-state index in [9.17, 15) is 9.90 Å². The molecule has 0 amide bonds. The molecule has 0 aliphatic heterocycles. The first-order valence-corrected chi connectivity index (χ1v) is 6.47. The smallest absolute Gasteiger partial charge is 0.337 e. The lowest BCUT2D eigenvalue weighted by Crippen LogP contribution is -2.35.